The molecule has 0 aliphatic rings. The molecule has 5 heteroatoms. The highest BCUT2D eigenvalue weighted by Gasteiger charge is 2.10. The van der Waals surface area contributed by atoms with Gasteiger partial charge in [-0.3, -0.25) is 9.59 Å². The molecule has 1 aromatic rings. The number of carboxylic acid groups (broad SMARTS) is 1. The molecule has 110 valence electrons. The Bertz CT molecular complexity index is 455. The van der Waals surface area contributed by atoms with Gasteiger partial charge in [-0.05, 0) is 23.6 Å². The Morgan fingerprint density at radius 2 is 1.75 bits per heavy atom. The van der Waals surface area contributed by atoms with Gasteiger partial charge in [0.1, 0.15) is 0 Å². The third-order valence-electron chi connectivity index (χ3n) is 2.92. The van der Waals surface area contributed by atoms with Crippen molar-refractivity contribution in [3.05, 3.63) is 29.8 Å². The second-order valence-electron chi connectivity index (χ2n) is 5.20. The molecule has 0 bridgehead atoms. The van der Waals surface area contributed by atoms with E-state index in [2.05, 4.69) is 10.6 Å². The van der Waals surface area contributed by atoms with Crippen molar-refractivity contribution in [3.63, 3.8) is 0 Å². The minimum atomic E-state index is -0.811. The molecule has 1 unspecified atom stereocenters. The van der Waals surface area contributed by atoms with Gasteiger partial charge < -0.3 is 15.7 Å². The Morgan fingerprint density at radius 3 is 2.25 bits per heavy atom. The van der Waals surface area contributed by atoms with Gasteiger partial charge in [0.25, 0.3) is 0 Å². The fourth-order valence-electron chi connectivity index (χ4n) is 1.78. The third kappa shape index (κ3) is 5.84. The molecule has 1 aromatic carbocycles. The molecule has 0 saturated carbocycles. The van der Waals surface area contributed by atoms with Gasteiger partial charge in [-0.25, -0.2) is 0 Å². The Morgan fingerprint density at radius 1 is 1.15 bits per heavy atom. The van der Waals surface area contributed by atoms with Crippen molar-refractivity contribution < 1.29 is 14.7 Å². The molecule has 0 fully saturated rings. The highest BCUT2D eigenvalue weighted by Crippen LogP contribution is 2.20. The summed E-state index contributed by atoms with van der Waals surface area (Å²) in [4.78, 5) is 22.3. The maximum atomic E-state index is 11.6. The molecule has 3 N–H and O–H groups in total. The summed E-state index contributed by atoms with van der Waals surface area (Å²) in [6, 6.07) is 7.54. The molecule has 1 atom stereocenters. The number of benzene rings is 1. The molecule has 0 heterocycles. The summed E-state index contributed by atoms with van der Waals surface area (Å²) < 4.78 is 0. The van der Waals surface area contributed by atoms with Crippen LogP contribution in [0, 0.1) is 0 Å². The summed E-state index contributed by atoms with van der Waals surface area (Å²) in [5.74, 6) is -0.945. The summed E-state index contributed by atoms with van der Waals surface area (Å²) in [6.07, 6.45) is 0.101. The smallest absolute Gasteiger partial charge is 0.303 e. The van der Waals surface area contributed by atoms with Crippen molar-refractivity contribution in [2.24, 2.45) is 0 Å². The molecular weight excluding hydrogens is 256 g/mol. The van der Waals surface area contributed by atoms with Crippen LogP contribution in [0.4, 0.5) is 5.69 Å². The van der Waals surface area contributed by atoms with E-state index in [0.29, 0.717) is 5.69 Å². The molecule has 0 aliphatic heterocycles. The summed E-state index contributed by atoms with van der Waals surface area (Å²) >= 11 is 0. The van der Waals surface area contributed by atoms with Crippen LogP contribution in [0.3, 0.4) is 0 Å². The normalized spacial score (nSPS) is 12.2. The number of carboxylic acids is 1. The van der Waals surface area contributed by atoms with Crippen LogP contribution in [0.25, 0.3) is 0 Å². The lowest BCUT2D eigenvalue weighted by Crippen LogP contribution is -2.32. The second-order valence-corrected chi connectivity index (χ2v) is 5.20. The summed E-state index contributed by atoms with van der Waals surface area (Å²) in [7, 11) is 0. The highest BCUT2D eigenvalue weighted by atomic mass is 16.4. The fraction of sp³-hybridized carbons (Fsp3) is 0.467. The average molecular weight is 278 g/mol. The van der Waals surface area contributed by atoms with E-state index in [1.807, 2.05) is 32.9 Å². The monoisotopic (exact) mass is 278 g/mol. The average Bonchev–Trinajstić information content (AvgIpc) is 2.36. The number of rotatable bonds is 7. The fourth-order valence-corrected chi connectivity index (χ4v) is 1.78. The Balaban J connectivity index is 2.54. The Kier molecular flexibility index (Phi) is 6.18. The van der Waals surface area contributed by atoms with E-state index in [1.54, 1.807) is 12.1 Å². The number of carbonyl (C=O) groups is 2. The van der Waals surface area contributed by atoms with Gasteiger partial charge in [-0.2, -0.15) is 0 Å². The molecule has 20 heavy (non-hydrogen) atoms. The molecule has 0 aliphatic carbocycles. The van der Waals surface area contributed by atoms with E-state index in [0.717, 1.165) is 5.56 Å². The molecular formula is C15H22N2O3. The van der Waals surface area contributed by atoms with E-state index in [4.69, 9.17) is 5.11 Å². The molecule has 0 radical (unpaired) electrons. The lowest BCUT2D eigenvalue weighted by molar-refractivity contribution is -0.137. The lowest BCUT2D eigenvalue weighted by atomic mass is 9.98. The lowest BCUT2D eigenvalue weighted by Gasteiger charge is -2.11. The van der Waals surface area contributed by atoms with Crippen LogP contribution in [0.1, 0.15) is 38.7 Å². The van der Waals surface area contributed by atoms with Gasteiger partial charge >= 0.3 is 5.97 Å². The first-order valence-electron chi connectivity index (χ1n) is 6.73. The zero-order chi connectivity index (χ0) is 15.1. The number of hydrogen-bond donors (Lipinski definition) is 3. The zero-order valence-corrected chi connectivity index (χ0v) is 12.1. The minimum absolute atomic E-state index is 0.0418. The van der Waals surface area contributed by atoms with Crippen molar-refractivity contribution in [2.75, 3.05) is 11.9 Å². The number of aliphatic carboxylic acids is 1. The zero-order valence-electron chi connectivity index (χ0n) is 12.1. The number of amides is 1. The van der Waals surface area contributed by atoms with E-state index >= 15 is 0 Å². The third-order valence-corrected chi connectivity index (χ3v) is 2.92. The summed E-state index contributed by atoms with van der Waals surface area (Å²) in [5.41, 5.74) is 1.66. The van der Waals surface area contributed by atoms with Gasteiger partial charge in [0, 0.05) is 11.7 Å². The van der Waals surface area contributed by atoms with E-state index in [-0.39, 0.29) is 30.8 Å². The Hall–Kier alpha value is -1.88. The summed E-state index contributed by atoms with van der Waals surface area (Å²) in [6.45, 7) is 6.10. The molecule has 1 rings (SSSR count). The van der Waals surface area contributed by atoms with Gasteiger partial charge in [-0.15, -0.1) is 0 Å². The predicted octanol–water partition coefficient (Wildman–Crippen LogP) is 2.20. The quantitative estimate of drug-likeness (QED) is 0.714. The first-order valence-corrected chi connectivity index (χ1v) is 6.73. The van der Waals surface area contributed by atoms with Crippen LogP contribution >= 0.6 is 0 Å². The van der Waals surface area contributed by atoms with Crippen LogP contribution in [-0.2, 0) is 9.59 Å². The first-order chi connectivity index (χ1) is 9.38. The topological polar surface area (TPSA) is 78.4 Å². The standard InChI is InChI=1S/C15H22N2O3/c1-10(2)16-9-14(18)17-13-6-4-12(5-7-13)11(3)8-15(19)20/h4-7,10-11,16H,8-9H2,1-3H3,(H,17,18)(H,19,20). The van der Waals surface area contributed by atoms with Crippen LogP contribution in [0.2, 0.25) is 0 Å². The van der Waals surface area contributed by atoms with Gasteiger partial charge in [0.2, 0.25) is 5.91 Å². The number of nitrogens with one attached hydrogen (secondary N) is 2. The van der Waals surface area contributed by atoms with Crippen molar-refractivity contribution in [1.29, 1.82) is 0 Å². The van der Waals surface area contributed by atoms with E-state index in [9.17, 15) is 9.59 Å². The van der Waals surface area contributed by atoms with Gasteiger partial charge in [0.05, 0.1) is 13.0 Å². The van der Waals surface area contributed by atoms with Crippen molar-refractivity contribution in [1.82, 2.24) is 5.32 Å². The largest absolute Gasteiger partial charge is 0.481 e. The maximum absolute atomic E-state index is 11.6. The summed E-state index contributed by atoms with van der Waals surface area (Å²) in [5, 5.41) is 14.6. The predicted molar refractivity (Wildman–Crippen MR) is 78.9 cm³/mol. The SMILES string of the molecule is CC(C)NCC(=O)Nc1ccc(C(C)CC(=O)O)cc1. The highest BCUT2D eigenvalue weighted by molar-refractivity contribution is 5.92. The maximum Gasteiger partial charge on any atom is 0.303 e. The van der Waals surface area contributed by atoms with Crippen LogP contribution in [-0.4, -0.2) is 29.6 Å². The molecule has 0 spiro atoms. The first kappa shape index (κ1) is 16.2. The van der Waals surface area contributed by atoms with Crippen molar-refractivity contribution >= 4 is 17.6 Å². The van der Waals surface area contributed by atoms with Gasteiger partial charge in [-0.1, -0.05) is 32.9 Å². The van der Waals surface area contributed by atoms with Gasteiger partial charge in [0.15, 0.2) is 0 Å². The van der Waals surface area contributed by atoms with Crippen LogP contribution < -0.4 is 10.6 Å². The minimum Gasteiger partial charge on any atom is -0.481 e. The number of anilines is 1. The molecule has 5 nitrogen and oxygen atoms in total. The van der Waals surface area contributed by atoms with E-state index < -0.39 is 5.97 Å². The van der Waals surface area contributed by atoms with E-state index in [1.165, 1.54) is 0 Å². The Labute approximate surface area is 119 Å². The number of carbonyl (C=O) groups excluding carboxylic acids is 1. The molecule has 0 aromatic heterocycles. The van der Waals surface area contributed by atoms with Crippen molar-refractivity contribution in [3.8, 4) is 0 Å². The molecule has 1 amide bonds. The van der Waals surface area contributed by atoms with Crippen LogP contribution in [0.15, 0.2) is 24.3 Å². The second kappa shape index (κ2) is 7.65. The van der Waals surface area contributed by atoms with Crippen molar-refractivity contribution in [2.45, 2.75) is 39.2 Å². The molecule has 0 saturated heterocycles. The van der Waals surface area contributed by atoms with Crippen LogP contribution in [0.5, 0.6) is 0 Å². The number of hydrogen-bond acceptors (Lipinski definition) is 3.